The SMILES string of the molecule is CC1(c2cccc(C(N)=O)c2)NC(=O)N(CCOc2ccccc2)C1=O. The molecule has 3 N–H and O–H groups in total. The maximum atomic E-state index is 12.8. The number of rotatable bonds is 6. The van der Waals surface area contributed by atoms with Gasteiger partial charge < -0.3 is 15.8 Å². The van der Waals surface area contributed by atoms with Crippen LogP contribution in [0.3, 0.4) is 0 Å². The minimum atomic E-state index is -1.25. The van der Waals surface area contributed by atoms with Crippen LogP contribution in [0.5, 0.6) is 5.75 Å². The minimum Gasteiger partial charge on any atom is -0.492 e. The third kappa shape index (κ3) is 3.23. The molecule has 0 aliphatic carbocycles. The normalized spacial score (nSPS) is 19.3. The largest absolute Gasteiger partial charge is 0.492 e. The summed E-state index contributed by atoms with van der Waals surface area (Å²) in [6, 6.07) is 15.0. The molecule has 1 fully saturated rings. The molecule has 0 saturated carbocycles. The summed E-state index contributed by atoms with van der Waals surface area (Å²) in [5.41, 5.74) is 4.82. The molecule has 1 aliphatic heterocycles. The highest BCUT2D eigenvalue weighted by Crippen LogP contribution is 2.29. The van der Waals surface area contributed by atoms with Gasteiger partial charge in [0.15, 0.2) is 0 Å². The molecule has 1 saturated heterocycles. The molecule has 2 aromatic carbocycles. The highest BCUT2D eigenvalue weighted by atomic mass is 16.5. The number of carbonyl (C=O) groups is 3. The first-order chi connectivity index (χ1) is 12.4. The predicted octanol–water partition coefficient (Wildman–Crippen LogP) is 1.63. The van der Waals surface area contributed by atoms with Gasteiger partial charge in [0.1, 0.15) is 17.9 Å². The fraction of sp³-hybridized carbons (Fsp3) is 0.211. The first kappa shape index (κ1) is 17.5. The first-order valence-electron chi connectivity index (χ1n) is 8.14. The summed E-state index contributed by atoms with van der Waals surface area (Å²) < 4.78 is 5.55. The third-order valence-electron chi connectivity index (χ3n) is 4.33. The van der Waals surface area contributed by atoms with Crippen molar-refractivity contribution in [3.05, 3.63) is 65.7 Å². The van der Waals surface area contributed by atoms with Crippen molar-refractivity contribution < 1.29 is 19.1 Å². The number of hydrogen-bond acceptors (Lipinski definition) is 4. The molecule has 0 bridgehead atoms. The fourth-order valence-electron chi connectivity index (χ4n) is 2.85. The lowest BCUT2D eigenvalue weighted by Crippen LogP contribution is -2.41. The molecular formula is C19H19N3O4. The van der Waals surface area contributed by atoms with Gasteiger partial charge in [-0.3, -0.25) is 14.5 Å². The molecule has 4 amide bonds. The molecular weight excluding hydrogens is 334 g/mol. The highest BCUT2D eigenvalue weighted by Gasteiger charge is 2.48. The Kier molecular flexibility index (Phi) is 4.62. The van der Waals surface area contributed by atoms with E-state index in [1.807, 2.05) is 18.2 Å². The Bertz CT molecular complexity index is 853. The minimum absolute atomic E-state index is 0.116. The number of ether oxygens (including phenoxy) is 1. The average Bonchev–Trinajstić information content (AvgIpc) is 2.87. The summed E-state index contributed by atoms with van der Waals surface area (Å²) in [4.78, 5) is 37.6. The zero-order valence-electron chi connectivity index (χ0n) is 14.3. The molecule has 1 unspecified atom stereocenters. The lowest BCUT2D eigenvalue weighted by atomic mass is 9.90. The van der Waals surface area contributed by atoms with Gasteiger partial charge in [0.25, 0.3) is 5.91 Å². The number of amides is 4. The summed E-state index contributed by atoms with van der Waals surface area (Å²) >= 11 is 0. The molecule has 1 aliphatic rings. The van der Waals surface area contributed by atoms with Crippen LogP contribution in [0.4, 0.5) is 4.79 Å². The van der Waals surface area contributed by atoms with Crippen molar-refractivity contribution in [1.82, 2.24) is 10.2 Å². The van der Waals surface area contributed by atoms with Crippen LogP contribution < -0.4 is 15.8 Å². The third-order valence-corrected chi connectivity index (χ3v) is 4.33. The van der Waals surface area contributed by atoms with Crippen LogP contribution in [0.1, 0.15) is 22.8 Å². The van der Waals surface area contributed by atoms with Gasteiger partial charge in [-0.1, -0.05) is 30.3 Å². The van der Waals surface area contributed by atoms with Crippen LogP contribution in [0, 0.1) is 0 Å². The monoisotopic (exact) mass is 353 g/mol. The Morgan fingerprint density at radius 1 is 1.15 bits per heavy atom. The van der Waals surface area contributed by atoms with E-state index in [9.17, 15) is 14.4 Å². The van der Waals surface area contributed by atoms with Crippen molar-refractivity contribution in [3.63, 3.8) is 0 Å². The van der Waals surface area contributed by atoms with Crippen LogP contribution in [0.15, 0.2) is 54.6 Å². The Morgan fingerprint density at radius 2 is 1.88 bits per heavy atom. The smallest absolute Gasteiger partial charge is 0.325 e. The summed E-state index contributed by atoms with van der Waals surface area (Å²) in [6.45, 7) is 1.90. The van der Waals surface area contributed by atoms with E-state index in [2.05, 4.69) is 5.32 Å². The van der Waals surface area contributed by atoms with Crippen molar-refractivity contribution in [2.24, 2.45) is 5.73 Å². The first-order valence-corrected chi connectivity index (χ1v) is 8.14. The standard InChI is InChI=1S/C19H19N3O4/c1-19(14-7-5-6-13(12-14)16(20)23)17(24)22(18(25)21-19)10-11-26-15-8-3-2-4-9-15/h2-9,12H,10-11H2,1H3,(H2,20,23)(H,21,25). The Labute approximate surface area is 150 Å². The van der Waals surface area contributed by atoms with Gasteiger partial charge >= 0.3 is 6.03 Å². The Balaban J connectivity index is 1.73. The lowest BCUT2D eigenvalue weighted by molar-refractivity contribution is -0.131. The fourth-order valence-corrected chi connectivity index (χ4v) is 2.85. The van der Waals surface area contributed by atoms with Crippen LogP contribution >= 0.6 is 0 Å². The maximum Gasteiger partial charge on any atom is 0.325 e. The van der Waals surface area contributed by atoms with Crippen LogP contribution in [-0.2, 0) is 10.3 Å². The molecule has 0 aromatic heterocycles. The summed E-state index contributed by atoms with van der Waals surface area (Å²) in [7, 11) is 0. The second-order valence-electron chi connectivity index (χ2n) is 6.12. The Morgan fingerprint density at radius 3 is 2.58 bits per heavy atom. The van der Waals surface area contributed by atoms with E-state index >= 15 is 0 Å². The van der Waals surface area contributed by atoms with E-state index in [0.29, 0.717) is 11.3 Å². The number of carbonyl (C=O) groups excluding carboxylic acids is 3. The topological polar surface area (TPSA) is 102 Å². The second kappa shape index (κ2) is 6.87. The molecule has 134 valence electrons. The predicted molar refractivity (Wildman–Crippen MR) is 94.5 cm³/mol. The van der Waals surface area contributed by atoms with Crippen molar-refractivity contribution >= 4 is 17.8 Å². The van der Waals surface area contributed by atoms with Gasteiger partial charge in [-0.05, 0) is 36.8 Å². The van der Waals surface area contributed by atoms with E-state index in [1.54, 1.807) is 37.3 Å². The van der Waals surface area contributed by atoms with Crippen LogP contribution in [-0.4, -0.2) is 35.9 Å². The quantitative estimate of drug-likeness (QED) is 0.771. The van der Waals surface area contributed by atoms with Gasteiger partial charge in [0.2, 0.25) is 5.91 Å². The number of imide groups is 1. The lowest BCUT2D eigenvalue weighted by Gasteiger charge is -2.22. The van der Waals surface area contributed by atoms with E-state index in [4.69, 9.17) is 10.5 Å². The van der Waals surface area contributed by atoms with Crippen LogP contribution in [0.2, 0.25) is 0 Å². The number of nitrogens with one attached hydrogen (secondary N) is 1. The van der Waals surface area contributed by atoms with Crippen molar-refractivity contribution in [2.75, 3.05) is 13.2 Å². The van der Waals surface area contributed by atoms with Gasteiger partial charge in [0, 0.05) is 5.56 Å². The molecule has 26 heavy (non-hydrogen) atoms. The second-order valence-corrected chi connectivity index (χ2v) is 6.12. The molecule has 7 heteroatoms. The Hall–Kier alpha value is -3.35. The zero-order chi connectivity index (χ0) is 18.7. The summed E-state index contributed by atoms with van der Waals surface area (Å²) in [5.74, 6) is -0.336. The molecule has 7 nitrogen and oxygen atoms in total. The number of nitrogens with zero attached hydrogens (tertiary/aromatic N) is 1. The molecule has 1 heterocycles. The number of urea groups is 1. The zero-order valence-corrected chi connectivity index (χ0v) is 14.3. The van der Waals surface area contributed by atoms with Gasteiger partial charge in [-0.15, -0.1) is 0 Å². The van der Waals surface area contributed by atoms with E-state index in [0.717, 1.165) is 4.90 Å². The summed E-state index contributed by atoms with van der Waals surface area (Å²) in [5, 5.41) is 2.69. The van der Waals surface area contributed by atoms with E-state index in [-0.39, 0.29) is 18.7 Å². The van der Waals surface area contributed by atoms with Gasteiger partial charge in [0.05, 0.1) is 6.54 Å². The molecule has 2 aromatic rings. The number of benzene rings is 2. The van der Waals surface area contributed by atoms with Gasteiger partial charge in [-0.2, -0.15) is 0 Å². The maximum absolute atomic E-state index is 12.8. The average molecular weight is 353 g/mol. The summed E-state index contributed by atoms with van der Waals surface area (Å²) in [6.07, 6.45) is 0. The van der Waals surface area contributed by atoms with Crippen LogP contribution in [0.25, 0.3) is 0 Å². The number of primary amides is 1. The van der Waals surface area contributed by atoms with Gasteiger partial charge in [-0.25, -0.2) is 4.79 Å². The number of nitrogens with two attached hydrogens (primary N) is 1. The molecule has 0 radical (unpaired) electrons. The number of para-hydroxylation sites is 1. The molecule has 3 rings (SSSR count). The molecule has 0 spiro atoms. The highest BCUT2D eigenvalue weighted by molar-refractivity contribution is 6.07. The van der Waals surface area contributed by atoms with E-state index in [1.165, 1.54) is 6.07 Å². The number of hydrogen-bond donors (Lipinski definition) is 2. The van der Waals surface area contributed by atoms with Crippen molar-refractivity contribution in [1.29, 1.82) is 0 Å². The molecule has 1 atom stereocenters. The van der Waals surface area contributed by atoms with E-state index < -0.39 is 23.4 Å². The van der Waals surface area contributed by atoms with Crippen molar-refractivity contribution in [2.45, 2.75) is 12.5 Å². The van der Waals surface area contributed by atoms with Crippen molar-refractivity contribution in [3.8, 4) is 5.75 Å².